The molecule has 2 rings (SSSR count). The van der Waals surface area contributed by atoms with Crippen LogP contribution >= 0.6 is 0 Å². The van der Waals surface area contributed by atoms with E-state index < -0.39 is 0 Å². The molecule has 0 radical (unpaired) electrons. The van der Waals surface area contributed by atoms with Gasteiger partial charge in [-0.3, -0.25) is 4.57 Å². The Hall–Kier alpha value is -1.68. The molecule has 0 aliphatic carbocycles. The minimum absolute atomic E-state index is 0.329. The van der Waals surface area contributed by atoms with Crippen LogP contribution in [0.15, 0.2) is 37.1 Å². The molecule has 4 nitrogen and oxygen atoms in total. The number of nitrogens with one attached hydrogen (secondary N) is 1. The van der Waals surface area contributed by atoms with Gasteiger partial charge in [0.2, 0.25) is 0 Å². The summed E-state index contributed by atoms with van der Waals surface area (Å²) in [7, 11) is 1.95. The summed E-state index contributed by atoms with van der Waals surface area (Å²) in [6.45, 7) is 2.12. The first-order valence-corrected chi connectivity index (χ1v) is 4.93. The van der Waals surface area contributed by atoms with Crippen LogP contribution in [0.25, 0.3) is 5.82 Å². The summed E-state index contributed by atoms with van der Waals surface area (Å²) in [5.41, 5.74) is 1.22. The van der Waals surface area contributed by atoms with Crippen LogP contribution in [-0.2, 0) is 0 Å². The van der Waals surface area contributed by atoms with Gasteiger partial charge in [-0.05, 0) is 31.7 Å². The fourth-order valence-corrected chi connectivity index (χ4v) is 1.41. The van der Waals surface area contributed by atoms with Crippen molar-refractivity contribution in [2.75, 3.05) is 7.05 Å². The van der Waals surface area contributed by atoms with Crippen LogP contribution in [-0.4, -0.2) is 21.6 Å². The van der Waals surface area contributed by atoms with Gasteiger partial charge >= 0.3 is 0 Å². The van der Waals surface area contributed by atoms with E-state index in [0.717, 1.165) is 5.82 Å². The zero-order chi connectivity index (χ0) is 10.7. The van der Waals surface area contributed by atoms with Gasteiger partial charge in [0.1, 0.15) is 12.1 Å². The van der Waals surface area contributed by atoms with Crippen molar-refractivity contribution in [1.29, 1.82) is 0 Å². The zero-order valence-electron chi connectivity index (χ0n) is 8.88. The van der Waals surface area contributed by atoms with Gasteiger partial charge in [0.15, 0.2) is 0 Å². The highest BCUT2D eigenvalue weighted by atomic mass is 15.1. The van der Waals surface area contributed by atoms with Crippen molar-refractivity contribution < 1.29 is 0 Å². The van der Waals surface area contributed by atoms with E-state index in [1.807, 2.05) is 30.1 Å². The summed E-state index contributed by atoms with van der Waals surface area (Å²) < 4.78 is 1.89. The number of hydrogen-bond acceptors (Lipinski definition) is 3. The monoisotopic (exact) mass is 202 g/mol. The lowest BCUT2D eigenvalue weighted by Crippen LogP contribution is -2.12. The predicted octanol–water partition coefficient (Wildman–Crippen LogP) is 1.55. The topological polar surface area (TPSA) is 42.7 Å². The third kappa shape index (κ3) is 2.05. The zero-order valence-corrected chi connectivity index (χ0v) is 8.88. The molecule has 2 aromatic heterocycles. The first kappa shape index (κ1) is 9.86. The Kier molecular flexibility index (Phi) is 2.78. The second-order valence-corrected chi connectivity index (χ2v) is 3.43. The second kappa shape index (κ2) is 4.23. The van der Waals surface area contributed by atoms with Crippen LogP contribution in [0.1, 0.15) is 18.5 Å². The van der Waals surface area contributed by atoms with Crippen molar-refractivity contribution in [1.82, 2.24) is 19.9 Å². The number of aromatic nitrogens is 3. The van der Waals surface area contributed by atoms with Crippen molar-refractivity contribution in [2.45, 2.75) is 13.0 Å². The van der Waals surface area contributed by atoms with Gasteiger partial charge in [-0.1, -0.05) is 0 Å². The van der Waals surface area contributed by atoms with E-state index in [1.165, 1.54) is 5.56 Å². The van der Waals surface area contributed by atoms with Crippen molar-refractivity contribution in [3.8, 4) is 5.82 Å². The van der Waals surface area contributed by atoms with E-state index in [4.69, 9.17) is 0 Å². The highest BCUT2D eigenvalue weighted by Crippen LogP contribution is 2.13. The van der Waals surface area contributed by atoms with E-state index in [2.05, 4.69) is 28.3 Å². The van der Waals surface area contributed by atoms with Crippen molar-refractivity contribution in [3.05, 3.63) is 42.6 Å². The van der Waals surface area contributed by atoms with Crippen LogP contribution < -0.4 is 5.32 Å². The SMILES string of the molecule is CNC(C)c1ccnc(-n2ccnc2)c1. The summed E-state index contributed by atoms with van der Waals surface area (Å²) in [4.78, 5) is 8.29. The van der Waals surface area contributed by atoms with Crippen LogP contribution in [0.5, 0.6) is 0 Å². The van der Waals surface area contributed by atoms with Crippen LogP contribution in [0.3, 0.4) is 0 Å². The highest BCUT2D eigenvalue weighted by molar-refractivity contribution is 5.29. The molecule has 2 heterocycles. The molecule has 0 saturated heterocycles. The lowest BCUT2D eigenvalue weighted by Gasteiger charge is -2.11. The highest BCUT2D eigenvalue weighted by Gasteiger charge is 2.04. The van der Waals surface area contributed by atoms with Gasteiger partial charge in [-0.15, -0.1) is 0 Å². The molecule has 78 valence electrons. The van der Waals surface area contributed by atoms with Crippen molar-refractivity contribution >= 4 is 0 Å². The Morgan fingerprint density at radius 3 is 2.93 bits per heavy atom. The first-order valence-electron chi connectivity index (χ1n) is 4.93. The molecule has 0 bridgehead atoms. The summed E-state index contributed by atoms with van der Waals surface area (Å²) in [6, 6.07) is 4.40. The van der Waals surface area contributed by atoms with E-state index in [9.17, 15) is 0 Å². The molecule has 15 heavy (non-hydrogen) atoms. The van der Waals surface area contributed by atoms with Crippen LogP contribution in [0.2, 0.25) is 0 Å². The van der Waals surface area contributed by atoms with E-state index in [0.29, 0.717) is 6.04 Å². The quantitative estimate of drug-likeness (QED) is 0.821. The lowest BCUT2D eigenvalue weighted by atomic mass is 10.1. The maximum absolute atomic E-state index is 4.29. The van der Waals surface area contributed by atoms with E-state index in [-0.39, 0.29) is 0 Å². The number of pyridine rings is 1. The second-order valence-electron chi connectivity index (χ2n) is 3.43. The number of imidazole rings is 1. The molecule has 2 aromatic rings. The average Bonchev–Trinajstić information content (AvgIpc) is 2.82. The summed E-state index contributed by atoms with van der Waals surface area (Å²) in [5, 5.41) is 3.20. The molecule has 1 N–H and O–H groups in total. The molecule has 0 amide bonds. The molecule has 0 aliphatic heterocycles. The largest absolute Gasteiger partial charge is 0.313 e. The minimum atomic E-state index is 0.329. The Balaban J connectivity index is 2.35. The number of hydrogen-bond donors (Lipinski definition) is 1. The molecular formula is C11H14N4. The van der Waals surface area contributed by atoms with Gasteiger partial charge in [0.05, 0.1) is 0 Å². The van der Waals surface area contributed by atoms with Gasteiger partial charge in [0, 0.05) is 24.6 Å². The molecule has 1 unspecified atom stereocenters. The predicted molar refractivity (Wildman–Crippen MR) is 58.8 cm³/mol. The minimum Gasteiger partial charge on any atom is -0.313 e. The molecular weight excluding hydrogens is 188 g/mol. The summed E-state index contributed by atoms with van der Waals surface area (Å²) in [5.74, 6) is 0.895. The fraction of sp³-hybridized carbons (Fsp3) is 0.273. The number of nitrogens with zero attached hydrogens (tertiary/aromatic N) is 3. The summed E-state index contributed by atoms with van der Waals surface area (Å²) >= 11 is 0. The Morgan fingerprint density at radius 1 is 1.40 bits per heavy atom. The molecule has 0 aromatic carbocycles. The van der Waals surface area contributed by atoms with Gasteiger partial charge < -0.3 is 5.32 Å². The first-order chi connectivity index (χ1) is 7.31. The normalized spacial score (nSPS) is 12.7. The third-order valence-electron chi connectivity index (χ3n) is 2.47. The third-order valence-corrected chi connectivity index (χ3v) is 2.47. The van der Waals surface area contributed by atoms with Gasteiger partial charge in [0.25, 0.3) is 0 Å². The average molecular weight is 202 g/mol. The Bertz CT molecular complexity index is 422. The molecule has 1 atom stereocenters. The molecule has 0 aliphatic rings. The standard InChI is InChI=1S/C11H14N4/c1-9(12-2)10-3-4-14-11(7-10)15-6-5-13-8-15/h3-9,12H,1-2H3. The maximum Gasteiger partial charge on any atom is 0.138 e. The fourth-order valence-electron chi connectivity index (χ4n) is 1.41. The van der Waals surface area contributed by atoms with E-state index in [1.54, 1.807) is 12.5 Å². The molecule has 0 saturated carbocycles. The van der Waals surface area contributed by atoms with Gasteiger partial charge in [-0.25, -0.2) is 9.97 Å². The lowest BCUT2D eigenvalue weighted by molar-refractivity contribution is 0.650. The van der Waals surface area contributed by atoms with Crippen LogP contribution in [0, 0.1) is 0 Å². The molecule has 0 fully saturated rings. The van der Waals surface area contributed by atoms with Crippen molar-refractivity contribution in [3.63, 3.8) is 0 Å². The maximum atomic E-state index is 4.29. The van der Waals surface area contributed by atoms with Gasteiger partial charge in [-0.2, -0.15) is 0 Å². The molecule has 0 spiro atoms. The van der Waals surface area contributed by atoms with E-state index >= 15 is 0 Å². The Morgan fingerprint density at radius 2 is 2.27 bits per heavy atom. The summed E-state index contributed by atoms with van der Waals surface area (Å²) in [6.07, 6.45) is 7.20. The van der Waals surface area contributed by atoms with Crippen molar-refractivity contribution in [2.24, 2.45) is 0 Å². The Labute approximate surface area is 89.0 Å². The smallest absolute Gasteiger partial charge is 0.138 e. The molecule has 4 heteroatoms. The number of rotatable bonds is 3. The van der Waals surface area contributed by atoms with Crippen LogP contribution in [0.4, 0.5) is 0 Å².